The van der Waals surface area contributed by atoms with Gasteiger partial charge in [0.2, 0.25) is 0 Å². The fraction of sp³-hybridized carbons (Fsp3) is 0.154. The number of aromatic amines is 1. The van der Waals surface area contributed by atoms with Crippen LogP contribution < -0.4 is 11.3 Å². The molecule has 7 nitrogen and oxygen atoms in total. The molecule has 0 saturated heterocycles. The molecule has 0 radical (unpaired) electrons. The van der Waals surface area contributed by atoms with Crippen LogP contribution in [0.25, 0.3) is 10.9 Å². The van der Waals surface area contributed by atoms with Crippen molar-refractivity contribution in [3.8, 4) is 0 Å². The summed E-state index contributed by atoms with van der Waals surface area (Å²) in [4.78, 5) is 3.31. The van der Waals surface area contributed by atoms with Gasteiger partial charge in [-0.15, -0.1) is 10.2 Å². The van der Waals surface area contributed by atoms with Crippen LogP contribution in [0, 0.1) is 13.8 Å². The molecule has 0 aliphatic carbocycles. The van der Waals surface area contributed by atoms with Gasteiger partial charge >= 0.3 is 0 Å². The molecule has 0 fully saturated rings. The zero-order valence-electron chi connectivity index (χ0n) is 11.3. The van der Waals surface area contributed by atoms with Gasteiger partial charge in [-0.2, -0.15) is 5.10 Å². The molecule has 20 heavy (non-hydrogen) atoms. The molecule has 0 saturated carbocycles. The third-order valence-electron chi connectivity index (χ3n) is 3.17. The van der Waals surface area contributed by atoms with Crippen molar-refractivity contribution in [1.82, 2.24) is 19.9 Å². The number of anilines is 1. The number of nitrogen functional groups attached to an aromatic ring is 1. The third kappa shape index (κ3) is 1.99. The Labute approximate surface area is 115 Å². The molecule has 7 heteroatoms. The van der Waals surface area contributed by atoms with Crippen LogP contribution in [0.15, 0.2) is 29.4 Å². The lowest BCUT2D eigenvalue weighted by Crippen LogP contribution is -2.13. The Balaban J connectivity index is 1.88. The van der Waals surface area contributed by atoms with Gasteiger partial charge in [-0.3, -0.25) is 0 Å². The van der Waals surface area contributed by atoms with E-state index in [0.29, 0.717) is 11.8 Å². The van der Waals surface area contributed by atoms with Crippen molar-refractivity contribution in [3.05, 3.63) is 41.3 Å². The lowest BCUT2D eigenvalue weighted by Gasteiger charge is -1.99. The first-order valence-corrected chi connectivity index (χ1v) is 6.20. The third-order valence-corrected chi connectivity index (χ3v) is 3.17. The molecule has 0 aliphatic rings. The van der Waals surface area contributed by atoms with Gasteiger partial charge in [0.1, 0.15) is 0 Å². The molecular weight excluding hydrogens is 254 g/mol. The molecule has 2 heterocycles. The number of hydrogen-bond donors (Lipinski definition) is 3. The van der Waals surface area contributed by atoms with Crippen molar-refractivity contribution in [2.75, 3.05) is 11.3 Å². The maximum absolute atomic E-state index is 5.73. The maximum Gasteiger partial charge on any atom is 0.263 e. The zero-order chi connectivity index (χ0) is 14.1. The number of hydrogen-bond acceptors (Lipinski definition) is 5. The van der Waals surface area contributed by atoms with E-state index in [4.69, 9.17) is 5.84 Å². The van der Waals surface area contributed by atoms with Crippen LogP contribution in [0.4, 0.5) is 5.95 Å². The summed E-state index contributed by atoms with van der Waals surface area (Å²) in [5.41, 5.74) is 5.96. The monoisotopic (exact) mass is 269 g/mol. The minimum absolute atomic E-state index is 0.399. The highest BCUT2D eigenvalue weighted by Crippen LogP contribution is 2.19. The average molecular weight is 269 g/mol. The maximum atomic E-state index is 5.73. The van der Waals surface area contributed by atoms with Gasteiger partial charge < -0.3 is 10.8 Å². The number of aryl methyl sites for hydroxylation is 2. The first-order chi connectivity index (χ1) is 9.66. The van der Waals surface area contributed by atoms with Crippen LogP contribution in [0.3, 0.4) is 0 Å². The average Bonchev–Trinajstić information content (AvgIpc) is 2.93. The Morgan fingerprint density at radius 2 is 2.10 bits per heavy atom. The number of nitrogens with zero attached hydrogens (tertiary/aromatic N) is 4. The highest BCUT2D eigenvalue weighted by Gasteiger charge is 2.06. The Morgan fingerprint density at radius 3 is 2.85 bits per heavy atom. The summed E-state index contributed by atoms with van der Waals surface area (Å²) in [5, 5.41) is 13.0. The summed E-state index contributed by atoms with van der Waals surface area (Å²) in [6.45, 7) is 3.78. The van der Waals surface area contributed by atoms with Crippen molar-refractivity contribution in [3.63, 3.8) is 0 Å². The van der Waals surface area contributed by atoms with Gasteiger partial charge in [-0.1, -0.05) is 18.2 Å². The van der Waals surface area contributed by atoms with Crippen LogP contribution in [0.5, 0.6) is 0 Å². The summed E-state index contributed by atoms with van der Waals surface area (Å²) in [6, 6.07) is 8.08. The van der Waals surface area contributed by atoms with Crippen LogP contribution >= 0.6 is 0 Å². The van der Waals surface area contributed by atoms with Gasteiger partial charge in [-0.25, -0.2) is 10.1 Å². The number of H-pyrrole nitrogens is 1. The first-order valence-electron chi connectivity index (χ1n) is 6.20. The summed E-state index contributed by atoms with van der Waals surface area (Å²) < 4.78 is 1.35. The van der Waals surface area contributed by atoms with Gasteiger partial charge in [0.25, 0.3) is 5.95 Å². The number of fused-ring (bicyclic) bond motifs is 1. The quantitative estimate of drug-likeness (QED) is 0.381. The molecule has 3 aromatic rings. The molecule has 1 aromatic carbocycles. The highest BCUT2D eigenvalue weighted by atomic mass is 15.5. The second kappa shape index (κ2) is 4.69. The molecule has 102 valence electrons. The number of benzene rings is 1. The largest absolute Gasteiger partial charge is 0.358 e. The molecule has 0 aliphatic heterocycles. The molecular formula is C13H15N7. The number of rotatable bonds is 3. The SMILES string of the molecule is Cc1[nH]c2ccccc2c1/C=N\Nc1nnc(C)n1N. The Hall–Kier alpha value is -2.83. The molecule has 0 unspecified atom stereocenters. The number of nitrogens with two attached hydrogens (primary N) is 1. The number of hydrazone groups is 1. The summed E-state index contributed by atoms with van der Waals surface area (Å²) >= 11 is 0. The topological polar surface area (TPSA) is 96.9 Å². The van der Waals surface area contributed by atoms with Crippen LogP contribution in [0.2, 0.25) is 0 Å². The second-order valence-corrected chi connectivity index (χ2v) is 4.52. The van der Waals surface area contributed by atoms with Crippen LogP contribution in [-0.2, 0) is 0 Å². The summed E-state index contributed by atoms with van der Waals surface area (Å²) in [6.07, 6.45) is 1.75. The van der Waals surface area contributed by atoms with Crippen molar-refractivity contribution >= 4 is 23.1 Å². The molecule has 3 rings (SSSR count). The van der Waals surface area contributed by atoms with E-state index in [2.05, 4.69) is 31.8 Å². The smallest absolute Gasteiger partial charge is 0.263 e. The van der Waals surface area contributed by atoms with E-state index in [1.807, 2.05) is 25.1 Å². The fourth-order valence-corrected chi connectivity index (χ4v) is 2.06. The van der Waals surface area contributed by atoms with Crippen LogP contribution in [0.1, 0.15) is 17.1 Å². The van der Waals surface area contributed by atoms with E-state index in [0.717, 1.165) is 22.2 Å². The van der Waals surface area contributed by atoms with E-state index in [1.165, 1.54) is 4.68 Å². The lowest BCUT2D eigenvalue weighted by molar-refractivity contribution is 0.926. The van der Waals surface area contributed by atoms with E-state index < -0.39 is 0 Å². The lowest BCUT2D eigenvalue weighted by atomic mass is 10.1. The second-order valence-electron chi connectivity index (χ2n) is 4.52. The molecule has 4 N–H and O–H groups in total. The predicted octanol–water partition coefficient (Wildman–Crippen LogP) is 1.54. The van der Waals surface area contributed by atoms with Crippen molar-refractivity contribution in [2.24, 2.45) is 5.10 Å². The van der Waals surface area contributed by atoms with Gasteiger partial charge in [0.15, 0.2) is 5.82 Å². The first kappa shape index (κ1) is 12.2. The molecule has 0 atom stereocenters. The number of nitrogens with one attached hydrogen (secondary N) is 2. The van der Waals surface area contributed by atoms with Gasteiger partial charge in [0.05, 0.1) is 6.21 Å². The van der Waals surface area contributed by atoms with Crippen LogP contribution in [-0.4, -0.2) is 26.1 Å². The minimum atomic E-state index is 0.399. The number of para-hydroxylation sites is 1. The molecule has 2 aromatic heterocycles. The Kier molecular flexibility index (Phi) is 2.86. The minimum Gasteiger partial charge on any atom is -0.358 e. The fourth-order valence-electron chi connectivity index (χ4n) is 2.06. The standard InChI is InChI=1S/C13H15N7/c1-8-11(10-5-3-4-6-12(10)16-8)7-15-18-13-19-17-9(2)20(13)14/h3-7,16H,14H2,1-2H3,(H,18,19)/b15-7-. The Bertz CT molecular complexity index is 781. The molecule has 0 bridgehead atoms. The van der Waals surface area contributed by atoms with Gasteiger partial charge in [0, 0.05) is 22.2 Å². The zero-order valence-corrected chi connectivity index (χ0v) is 11.3. The van der Waals surface area contributed by atoms with Gasteiger partial charge in [-0.05, 0) is 19.9 Å². The van der Waals surface area contributed by atoms with E-state index in [1.54, 1.807) is 13.1 Å². The summed E-state index contributed by atoms with van der Waals surface area (Å²) in [5.74, 6) is 6.75. The summed E-state index contributed by atoms with van der Waals surface area (Å²) in [7, 11) is 0. The van der Waals surface area contributed by atoms with E-state index in [-0.39, 0.29) is 0 Å². The normalized spacial score (nSPS) is 11.5. The molecule has 0 amide bonds. The van der Waals surface area contributed by atoms with E-state index >= 15 is 0 Å². The highest BCUT2D eigenvalue weighted by molar-refractivity contribution is 6.00. The number of aromatic nitrogens is 4. The van der Waals surface area contributed by atoms with Crippen molar-refractivity contribution in [1.29, 1.82) is 0 Å². The predicted molar refractivity (Wildman–Crippen MR) is 79.2 cm³/mol. The van der Waals surface area contributed by atoms with E-state index in [9.17, 15) is 0 Å². The van der Waals surface area contributed by atoms with Crippen molar-refractivity contribution in [2.45, 2.75) is 13.8 Å². The Morgan fingerprint density at radius 1 is 1.30 bits per heavy atom. The molecule has 0 spiro atoms. The van der Waals surface area contributed by atoms with Crippen molar-refractivity contribution < 1.29 is 0 Å².